The smallest absolute Gasteiger partial charge is 0.243 e. The van der Waals surface area contributed by atoms with Crippen LogP contribution in [0.25, 0.3) is 5.69 Å². The SMILES string of the molecule is NC1CCN(S(=O)(=O)c2cccc(-n3cnnn3)c2)CC1. The summed E-state index contributed by atoms with van der Waals surface area (Å²) in [5.41, 5.74) is 6.43. The molecule has 0 aliphatic carbocycles. The van der Waals surface area contributed by atoms with Gasteiger partial charge < -0.3 is 5.73 Å². The fourth-order valence-electron chi connectivity index (χ4n) is 2.33. The number of benzene rings is 1. The first kappa shape index (κ1) is 14.1. The maximum absolute atomic E-state index is 12.6. The first-order valence-electron chi connectivity index (χ1n) is 6.66. The van der Waals surface area contributed by atoms with E-state index >= 15 is 0 Å². The molecule has 8 nitrogen and oxygen atoms in total. The Morgan fingerprint density at radius 3 is 2.67 bits per heavy atom. The zero-order valence-corrected chi connectivity index (χ0v) is 12.1. The summed E-state index contributed by atoms with van der Waals surface area (Å²) in [5.74, 6) is 0. The van der Waals surface area contributed by atoms with Crippen LogP contribution in [0.4, 0.5) is 0 Å². The molecule has 1 aliphatic rings. The van der Waals surface area contributed by atoms with Gasteiger partial charge in [-0.1, -0.05) is 6.07 Å². The number of piperidine rings is 1. The van der Waals surface area contributed by atoms with E-state index in [1.54, 1.807) is 24.3 Å². The minimum atomic E-state index is -3.50. The maximum Gasteiger partial charge on any atom is 0.243 e. The Morgan fingerprint density at radius 2 is 2.00 bits per heavy atom. The van der Waals surface area contributed by atoms with Crippen LogP contribution in [0.15, 0.2) is 35.5 Å². The molecule has 0 spiro atoms. The molecule has 0 radical (unpaired) electrons. The average Bonchev–Trinajstić information content (AvgIpc) is 3.02. The molecule has 21 heavy (non-hydrogen) atoms. The molecule has 112 valence electrons. The Morgan fingerprint density at radius 1 is 1.24 bits per heavy atom. The summed E-state index contributed by atoms with van der Waals surface area (Å²) in [5, 5.41) is 10.9. The van der Waals surface area contributed by atoms with E-state index in [4.69, 9.17) is 5.73 Å². The number of sulfonamides is 1. The number of nitrogens with two attached hydrogens (primary N) is 1. The van der Waals surface area contributed by atoms with Gasteiger partial charge >= 0.3 is 0 Å². The summed E-state index contributed by atoms with van der Waals surface area (Å²) in [6, 6.07) is 6.67. The van der Waals surface area contributed by atoms with Crippen molar-refractivity contribution in [3.05, 3.63) is 30.6 Å². The molecule has 0 bridgehead atoms. The standard InChI is InChI=1S/C12H16N6O2S/c13-10-4-6-17(7-5-10)21(19,20)12-3-1-2-11(8-12)18-9-14-15-16-18/h1-3,8-10H,4-7,13H2. The van der Waals surface area contributed by atoms with Gasteiger partial charge in [-0.15, -0.1) is 5.10 Å². The highest BCUT2D eigenvalue weighted by Gasteiger charge is 2.28. The third-order valence-electron chi connectivity index (χ3n) is 3.57. The van der Waals surface area contributed by atoms with Gasteiger partial charge in [0.2, 0.25) is 10.0 Å². The summed E-state index contributed by atoms with van der Waals surface area (Å²) < 4.78 is 28.2. The molecular weight excluding hydrogens is 292 g/mol. The van der Waals surface area contributed by atoms with Crippen LogP contribution in [0, 0.1) is 0 Å². The molecule has 3 rings (SSSR count). The zero-order chi connectivity index (χ0) is 14.9. The van der Waals surface area contributed by atoms with Gasteiger partial charge in [0, 0.05) is 19.1 Å². The Kier molecular flexibility index (Phi) is 3.70. The van der Waals surface area contributed by atoms with Crippen molar-refractivity contribution in [2.24, 2.45) is 5.73 Å². The van der Waals surface area contributed by atoms with Crippen LogP contribution in [-0.4, -0.2) is 52.1 Å². The van der Waals surface area contributed by atoms with Gasteiger partial charge in [0.1, 0.15) is 6.33 Å². The fraction of sp³-hybridized carbons (Fsp3) is 0.417. The summed E-state index contributed by atoms with van der Waals surface area (Å²) in [6.07, 6.45) is 2.80. The van der Waals surface area contributed by atoms with E-state index in [1.807, 2.05) is 0 Å². The van der Waals surface area contributed by atoms with Crippen molar-refractivity contribution in [1.29, 1.82) is 0 Å². The van der Waals surface area contributed by atoms with Crippen LogP contribution in [-0.2, 0) is 10.0 Å². The minimum absolute atomic E-state index is 0.0870. The molecule has 2 N–H and O–H groups in total. The second-order valence-electron chi connectivity index (χ2n) is 4.99. The minimum Gasteiger partial charge on any atom is -0.328 e. The van der Waals surface area contributed by atoms with E-state index in [1.165, 1.54) is 15.3 Å². The van der Waals surface area contributed by atoms with Crippen molar-refractivity contribution in [3.8, 4) is 5.69 Å². The van der Waals surface area contributed by atoms with Crippen LogP contribution in [0.1, 0.15) is 12.8 Å². The van der Waals surface area contributed by atoms with E-state index in [0.29, 0.717) is 31.6 Å². The molecular formula is C12H16N6O2S. The highest BCUT2D eigenvalue weighted by molar-refractivity contribution is 7.89. The molecule has 9 heteroatoms. The predicted molar refractivity (Wildman–Crippen MR) is 75.1 cm³/mol. The molecule has 0 saturated carbocycles. The molecule has 1 fully saturated rings. The van der Waals surface area contributed by atoms with E-state index in [-0.39, 0.29) is 10.9 Å². The number of rotatable bonds is 3. The molecule has 0 amide bonds. The molecule has 0 unspecified atom stereocenters. The molecule has 1 aromatic heterocycles. The molecule has 1 aromatic carbocycles. The molecule has 1 saturated heterocycles. The van der Waals surface area contributed by atoms with Gasteiger partial charge in [0.05, 0.1) is 10.6 Å². The van der Waals surface area contributed by atoms with E-state index in [9.17, 15) is 8.42 Å². The van der Waals surface area contributed by atoms with Crippen molar-refractivity contribution in [1.82, 2.24) is 24.5 Å². The normalized spacial score (nSPS) is 18.0. The van der Waals surface area contributed by atoms with Gasteiger partial charge in [-0.2, -0.15) is 4.31 Å². The largest absolute Gasteiger partial charge is 0.328 e. The number of hydrogen-bond donors (Lipinski definition) is 1. The molecule has 2 aromatic rings. The second-order valence-corrected chi connectivity index (χ2v) is 6.93. The Labute approximate surface area is 122 Å². The summed E-state index contributed by atoms with van der Waals surface area (Å²) in [7, 11) is -3.50. The van der Waals surface area contributed by atoms with Crippen molar-refractivity contribution in [2.75, 3.05) is 13.1 Å². The van der Waals surface area contributed by atoms with Crippen molar-refractivity contribution >= 4 is 10.0 Å². The lowest BCUT2D eigenvalue weighted by Gasteiger charge is -2.29. The number of nitrogens with zero attached hydrogens (tertiary/aromatic N) is 5. The van der Waals surface area contributed by atoms with Crippen LogP contribution < -0.4 is 5.73 Å². The molecule has 0 atom stereocenters. The number of aromatic nitrogens is 4. The highest BCUT2D eigenvalue weighted by Crippen LogP contribution is 2.21. The quantitative estimate of drug-likeness (QED) is 0.839. The third kappa shape index (κ3) is 2.80. The molecule has 2 heterocycles. The van der Waals surface area contributed by atoms with Gasteiger partial charge in [-0.25, -0.2) is 13.1 Å². The topological polar surface area (TPSA) is 107 Å². The van der Waals surface area contributed by atoms with E-state index < -0.39 is 10.0 Å². The van der Waals surface area contributed by atoms with Crippen molar-refractivity contribution in [2.45, 2.75) is 23.8 Å². The maximum atomic E-state index is 12.6. The van der Waals surface area contributed by atoms with Crippen LogP contribution >= 0.6 is 0 Å². The van der Waals surface area contributed by atoms with Crippen LogP contribution in [0.2, 0.25) is 0 Å². The first-order valence-corrected chi connectivity index (χ1v) is 8.10. The van der Waals surface area contributed by atoms with Crippen LogP contribution in [0.3, 0.4) is 0 Å². The summed E-state index contributed by atoms with van der Waals surface area (Å²) in [6.45, 7) is 0.914. The lowest BCUT2D eigenvalue weighted by atomic mass is 10.1. The Bertz CT molecular complexity index is 707. The zero-order valence-electron chi connectivity index (χ0n) is 11.3. The average molecular weight is 308 g/mol. The summed E-state index contributed by atoms with van der Waals surface area (Å²) >= 11 is 0. The molecule has 1 aliphatic heterocycles. The highest BCUT2D eigenvalue weighted by atomic mass is 32.2. The number of hydrogen-bond acceptors (Lipinski definition) is 6. The Balaban J connectivity index is 1.91. The number of tetrazole rings is 1. The second kappa shape index (κ2) is 5.51. The van der Waals surface area contributed by atoms with Gasteiger partial charge in [-0.05, 0) is 41.5 Å². The van der Waals surface area contributed by atoms with E-state index in [0.717, 1.165) is 0 Å². The van der Waals surface area contributed by atoms with Crippen molar-refractivity contribution < 1.29 is 8.42 Å². The fourth-order valence-corrected chi connectivity index (χ4v) is 3.84. The monoisotopic (exact) mass is 308 g/mol. The van der Waals surface area contributed by atoms with Gasteiger partial charge in [0.15, 0.2) is 0 Å². The van der Waals surface area contributed by atoms with Crippen molar-refractivity contribution in [3.63, 3.8) is 0 Å². The summed E-state index contributed by atoms with van der Waals surface area (Å²) in [4.78, 5) is 0.242. The van der Waals surface area contributed by atoms with E-state index in [2.05, 4.69) is 15.5 Å². The first-order chi connectivity index (χ1) is 10.1. The third-order valence-corrected chi connectivity index (χ3v) is 5.46. The van der Waals surface area contributed by atoms with Gasteiger partial charge in [0.25, 0.3) is 0 Å². The lowest BCUT2D eigenvalue weighted by Crippen LogP contribution is -2.42. The lowest BCUT2D eigenvalue weighted by molar-refractivity contribution is 0.320. The van der Waals surface area contributed by atoms with Gasteiger partial charge in [-0.3, -0.25) is 0 Å². The van der Waals surface area contributed by atoms with Crippen LogP contribution in [0.5, 0.6) is 0 Å². The predicted octanol–water partition coefficient (Wildman–Crippen LogP) is -0.226. The Hall–Kier alpha value is -1.84.